The van der Waals surface area contributed by atoms with Gasteiger partial charge in [0.2, 0.25) is 0 Å². The third-order valence-electron chi connectivity index (χ3n) is 3.61. The average Bonchev–Trinajstić information content (AvgIpc) is 2.26. The number of carbonyl (C=O) groups is 1. The highest BCUT2D eigenvalue weighted by Gasteiger charge is 2.23. The maximum absolute atomic E-state index is 12.3. The van der Waals surface area contributed by atoms with Gasteiger partial charge in [-0.3, -0.25) is 0 Å². The van der Waals surface area contributed by atoms with Crippen molar-refractivity contribution in [1.29, 1.82) is 0 Å². The molecule has 0 aromatic heterocycles. The third-order valence-corrected chi connectivity index (χ3v) is 3.61. The lowest BCUT2D eigenvalue weighted by atomic mass is 10.0. The summed E-state index contributed by atoms with van der Waals surface area (Å²) in [7, 11) is 4.12. The lowest BCUT2D eigenvalue weighted by Crippen LogP contribution is -2.51. The van der Waals surface area contributed by atoms with Gasteiger partial charge >= 0.3 is 6.03 Å². The van der Waals surface area contributed by atoms with Gasteiger partial charge in [0, 0.05) is 25.7 Å². The summed E-state index contributed by atoms with van der Waals surface area (Å²) in [4.78, 5) is 16.4. The molecule has 4 heteroatoms. The Morgan fingerprint density at radius 1 is 1.42 bits per heavy atom. The quantitative estimate of drug-likeness (QED) is 0.832. The van der Waals surface area contributed by atoms with Crippen molar-refractivity contribution in [3.63, 3.8) is 0 Å². The summed E-state index contributed by atoms with van der Waals surface area (Å²) in [5.74, 6) is 1.24. The van der Waals surface area contributed by atoms with Crippen molar-refractivity contribution in [3.05, 3.63) is 0 Å². The fraction of sp³-hybridized carbons (Fsp3) is 0.933. The number of nitrogens with one attached hydrogen (secondary N) is 1. The molecule has 0 spiro atoms. The number of piperidine rings is 1. The van der Waals surface area contributed by atoms with E-state index in [0.717, 1.165) is 32.5 Å². The van der Waals surface area contributed by atoms with Crippen molar-refractivity contribution in [2.45, 2.75) is 46.1 Å². The SMILES string of the molecule is CC(C)CC(CN(C)C)NC(=O)N1CCCC(C)C1. The van der Waals surface area contributed by atoms with Crippen molar-refractivity contribution in [2.75, 3.05) is 33.7 Å². The number of carbonyl (C=O) groups excluding carboxylic acids is 1. The van der Waals surface area contributed by atoms with Crippen molar-refractivity contribution < 1.29 is 4.79 Å². The van der Waals surface area contributed by atoms with E-state index in [1.165, 1.54) is 6.42 Å². The van der Waals surface area contributed by atoms with E-state index >= 15 is 0 Å². The van der Waals surface area contributed by atoms with Crippen molar-refractivity contribution in [1.82, 2.24) is 15.1 Å². The monoisotopic (exact) mass is 269 g/mol. The van der Waals surface area contributed by atoms with Gasteiger partial charge < -0.3 is 15.1 Å². The van der Waals surface area contributed by atoms with E-state index in [2.05, 4.69) is 45.1 Å². The number of likely N-dealkylation sites (N-methyl/N-ethyl adjacent to an activating group) is 1. The zero-order valence-electron chi connectivity index (χ0n) is 13.3. The predicted octanol–water partition coefficient (Wildman–Crippen LogP) is 2.40. The maximum atomic E-state index is 12.3. The van der Waals surface area contributed by atoms with Gasteiger partial charge in [-0.05, 0) is 45.2 Å². The molecule has 2 unspecified atom stereocenters. The Morgan fingerprint density at radius 2 is 2.11 bits per heavy atom. The minimum Gasteiger partial charge on any atom is -0.334 e. The van der Waals surface area contributed by atoms with Gasteiger partial charge in [0.05, 0.1) is 0 Å². The molecule has 1 N–H and O–H groups in total. The summed E-state index contributed by atoms with van der Waals surface area (Å²) in [5.41, 5.74) is 0. The van der Waals surface area contributed by atoms with E-state index < -0.39 is 0 Å². The van der Waals surface area contributed by atoms with Gasteiger partial charge in [0.1, 0.15) is 0 Å². The summed E-state index contributed by atoms with van der Waals surface area (Å²) in [6.45, 7) is 9.36. The Kier molecular flexibility index (Phi) is 6.63. The van der Waals surface area contributed by atoms with E-state index in [1.807, 2.05) is 4.90 Å². The molecule has 2 atom stereocenters. The molecule has 1 aliphatic rings. The molecule has 1 rings (SSSR count). The van der Waals surface area contributed by atoms with Crippen LogP contribution in [0.2, 0.25) is 0 Å². The Balaban J connectivity index is 2.49. The molecule has 2 amide bonds. The standard InChI is InChI=1S/C15H31N3O/c1-12(2)9-14(11-17(4)5)16-15(19)18-8-6-7-13(3)10-18/h12-14H,6-11H2,1-5H3,(H,16,19). The van der Waals surface area contributed by atoms with Gasteiger partial charge in [0.25, 0.3) is 0 Å². The molecule has 0 aromatic carbocycles. The first-order chi connectivity index (χ1) is 8.88. The highest BCUT2D eigenvalue weighted by molar-refractivity contribution is 5.74. The lowest BCUT2D eigenvalue weighted by molar-refractivity contribution is 0.162. The summed E-state index contributed by atoms with van der Waals surface area (Å²) in [5, 5.41) is 3.22. The van der Waals surface area contributed by atoms with Gasteiger partial charge in [-0.25, -0.2) is 4.79 Å². The molecular formula is C15H31N3O. The van der Waals surface area contributed by atoms with E-state index in [-0.39, 0.29) is 12.1 Å². The second-order valence-corrected chi connectivity index (χ2v) is 6.73. The molecule has 0 aliphatic carbocycles. The van der Waals surface area contributed by atoms with Crippen LogP contribution >= 0.6 is 0 Å². The lowest BCUT2D eigenvalue weighted by Gasteiger charge is -2.33. The first-order valence-corrected chi connectivity index (χ1v) is 7.58. The van der Waals surface area contributed by atoms with Crippen LogP contribution in [-0.2, 0) is 0 Å². The number of nitrogens with zero attached hydrogens (tertiary/aromatic N) is 2. The highest BCUT2D eigenvalue weighted by Crippen LogP contribution is 2.16. The predicted molar refractivity (Wildman–Crippen MR) is 80.3 cm³/mol. The zero-order chi connectivity index (χ0) is 14.4. The van der Waals surface area contributed by atoms with Gasteiger partial charge in [-0.2, -0.15) is 0 Å². The van der Waals surface area contributed by atoms with Crippen LogP contribution in [0, 0.1) is 11.8 Å². The summed E-state index contributed by atoms with van der Waals surface area (Å²) in [6, 6.07) is 0.374. The molecule has 1 saturated heterocycles. The minimum absolute atomic E-state index is 0.124. The first kappa shape index (κ1) is 16.3. The van der Waals surface area contributed by atoms with Crippen molar-refractivity contribution >= 4 is 6.03 Å². The van der Waals surface area contributed by atoms with Crippen LogP contribution in [0.25, 0.3) is 0 Å². The number of hydrogen-bond donors (Lipinski definition) is 1. The molecule has 0 saturated carbocycles. The normalized spacial score (nSPS) is 21.8. The summed E-state index contributed by atoms with van der Waals surface area (Å²) < 4.78 is 0. The summed E-state index contributed by atoms with van der Waals surface area (Å²) >= 11 is 0. The number of rotatable bonds is 5. The first-order valence-electron chi connectivity index (χ1n) is 7.58. The van der Waals surface area contributed by atoms with Crippen LogP contribution in [0.4, 0.5) is 4.79 Å². The Morgan fingerprint density at radius 3 is 2.63 bits per heavy atom. The smallest absolute Gasteiger partial charge is 0.317 e. The van der Waals surface area contributed by atoms with E-state index in [0.29, 0.717) is 11.8 Å². The van der Waals surface area contributed by atoms with Crippen LogP contribution in [-0.4, -0.2) is 55.6 Å². The van der Waals surface area contributed by atoms with Gasteiger partial charge in [-0.1, -0.05) is 20.8 Å². The highest BCUT2D eigenvalue weighted by atomic mass is 16.2. The Bertz CT molecular complexity index is 269. The molecule has 1 aliphatic heterocycles. The maximum Gasteiger partial charge on any atom is 0.317 e. The molecule has 1 heterocycles. The zero-order valence-corrected chi connectivity index (χ0v) is 13.3. The van der Waals surface area contributed by atoms with E-state index in [9.17, 15) is 4.79 Å². The van der Waals surface area contributed by atoms with Crippen molar-refractivity contribution in [3.8, 4) is 0 Å². The van der Waals surface area contributed by atoms with Crippen LogP contribution in [0.15, 0.2) is 0 Å². The fourth-order valence-electron chi connectivity index (χ4n) is 2.83. The largest absolute Gasteiger partial charge is 0.334 e. The van der Waals surface area contributed by atoms with E-state index in [1.54, 1.807) is 0 Å². The Labute approximate surface area is 118 Å². The Hall–Kier alpha value is -0.770. The number of urea groups is 1. The fourth-order valence-corrected chi connectivity index (χ4v) is 2.83. The number of hydrogen-bond acceptors (Lipinski definition) is 2. The number of amides is 2. The van der Waals surface area contributed by atoms with Crippen LogP contribution < -0.4 is 5.32 Å². The molecular weight excluding hydrogens is 238 g/mol. The molecule has 0 bridgehead atoms. The van der Waals surface area contributed by atoms with Crippen LogP contribution in [0.5, 0.6) is 0 Å². The molecule has 0 aromatic rings. The van der Waals surface area contributed by atoms with Gasteiger partial charge in [0.15, 0.2) is 0 Å². The van der Waals surface area contributed by atoms with Crippen LogP contribution in [0.3, 0.4) is 0 Å². The molecule has 112 valence electrons. The topological polar surface area (TPSA) is 35.6 Å². The van der Waals surface area contributed by atoms with Crippen LogP contribution in [0.1, 0.15) is 40.0 Å². The van der Waals surface area contributed by atoms with E-state index in [4.69, 9.17) is 0 Å². The average molecular weight is 269 g/mol. The molecule has 0 radical (unpaired) electrons. The third kappa shape index (κ3) is 6.28. The number of likely N-dealkylation sites (tertiary alicyclic amines) is 1. The minimum atomic E-state index is 0.124. The molecule has 4 nitrogen and oxygen atoms in total. The molecule has 1 fully saturated rings. The second kappa shape index (κ2) is 7.73. The van der Waals surface area contributed by atoms with Gasteiger partial charge in [-0.15, -0.1) is 0 Å². The second-order valence-electron chi connectivity index (χ2n) is 6.73. The van der Waals surface area contributed by atoms with Crippen molar-refractivity contribution in [2.24, 2.45) is 11.8 Å². The molecule has 19 heavy (non-hydrogen) atoms. The summed E-state index contributed by atoms with van der Waals surface area (Å²) in [6.07, 6.45) is 3.42.